The van der Waals surface area contributed by atoms with E-state index in [4.69, 9.17) is 0 Å². The number of hydrogen-bond donors (Lipinski definition) is 2. The van der Waals surface area contributed by atoms with Gasteiger partial charge in [0.05, 0.1) is 17.0 Å². The molecule has 4 rings (SSSR count). The Morgan fingerprint density at radius 1 is 1.21 bits per heavy atom. The minimum Gasteiger partial charge on any atom is -0.360 e. The number of aromatic nitrogens is 4. The Bertz CT molecular complexity index is 1010. The Balaban J connectivity index is 1.42. The van der Waals surface area contributed by atoms with Crippen molar-refractivity contribution in [2.24, 2.45) is 0 Å². The summed E-state index contributed by atoms with van der Waals surface area (Å²) < 4.78 is 38.5. The number of carbonyl (C=O) groups excluding carboxylic acids is 1. The van der Waals surface area contributed by atoms with Gasteiger partial charge in [-0.15, -0.1) is 0 Å². The molecule has 1 amide bonds. The number of H-pyrrole nitrogens is 1. The van der Waals surface area contributed by atoms with Gasteiger partial charge in [0, 0.05) is 37.7 Å². The lowest BCUT2D eigenvalue weighted by Crippen LogP contribution is -2.37. The molecule has 1 fully saturated rings. The maximum Gasteiger partial charge on any atom is 0.416 e. The van der Waals surface area contributed by atoms with Gasteiger partial charge in [-0.3, -0.25) is 9.78 Å². The van der Waals surface area contributed by atoms with Crippen molar-refractivity contribution in [3.05, 3.63) is 60.2 Å². The third-order valence-electron chi connectivity index (χ3n) is 4.64. The first-order chi connectivity index (χ1) is 13.9. The molecule has 1 atom stereocenters. The van der Waals surface area contributed by atoms with Gasteiger partial charge in [-0.2, -0.15) is 13.2 Å². The van der Waals surface area contributed by atoms with Crippen molar-refractivity contribution in [2.45, 2.75) is 18.6 Å². The van der Waals surface area contributed by atoms with E-state index in [2.05, 4.69) is 25.3 Å². The zero-order valence-corrected chi connectivity index (χ0v) is 15.1. The number of anilines is 1. The van der Waals surface area contributed by atoms with Crippen LogP contribution in [-0.2, 0) is 6.18 Å². The van der Waals surface area contributed by atoms with Crippen LogP contribution in [-0.4, -0.2) is 45.0 Å². The van der Waals surface area contributed by atoms with Gasteiger partial charge >= 0.3 is 6.18 Å². The fourth-order valence-corrected chi connectivity index (χ4v) is 3.19. The highest BCUT2D eigenvalue weighted by Gasteiger charge is 2.32. The maximum atomic E-state index is 12.8. The van der Waals surface area contributed by atoms with Gasteiger partial charge in [0.15, 0.2) is 0 Å². The molecule has 2 N–H and O–H groups in total. The van der Waals surface area contributed by atoms with Crippen LogP contribution < -0.4 is 10.2 Å². The van der Waals surface area contributed by atoms with Crippen molar-refractivity contribution >= 4 is 11.9 Å². The fraction of sp³-hybridized carbons (Fsp3) is 0.263. The van der Waals surface area contributed by atoms with Gasteiger partial charge in [-0.25, -0.2) is 9.97 Å². The zero-order valence-electron chi connectivity index (χ0n) is 15.1. The van der Waals surface area contributed by atoms with E-state index in [9.17, 15) is 18.0 Å². The normalized spacial score (nSPS) is 16.8. The van der Waals surface area contributed by atoms with E-state index in [0.717, 1.165) is 29.7 Å². The molecule has 4 heterocycles. The average molecular weight is 402 g/mol. The summed E-state index contributed by atoms with van der Waals surface area (Å²) in [5, 5.41) is 2.74. The van der Waals surface area contributed by atoms with Crippen LogP contribution in [0.1, 0.15) is 22.5 Å². The molecular weight excluding hydrogens is 385 g/mol. The molecular formula is C19H17F3N6O. The summed E-state index contributed by atoms with van der Waals surface area (Å²) in [6.07, 6.45) is 0.556. The molecule has 0 bridgehead atoms. The number of pyridine rings is 1. The third kappa shape index (κ3) is 4.20. The highest BCUT2D eigenvalue weighted by molar-refractivity contribution is 5.92. The fourth-order valence-electron chi connectivity index (χ4n) is 3.19. The number of alkyl halides is 3. The van der Waals surface area contributed by atoms with E-state index in [1.54, 1.807) is 18.5 Å². The standard InChI is InChI=1S/C19H17F3N6O/c20-19(21,22)12-3-7-24-16(10-12)17(29)26-13-5-9-28(11-13)18-25-8-4-15(27-18)14-2-1-6-23-14/h1-4,6-8,10,13,23H,5,9,11H2,(H,26,29). The molecule has 10 heteroatoms. The van der Waals surface area contributed by atoms with Crippen molar-refractivity contribution in [1.29, 1.82) is 0 Å². The molecule has 3 aromatic rings. The molecule has 29 heavy (non-hydrogen) atoms. The third-order valence-corrected chi connectivity index (χ3v) is 4.64. The van der Waals surface area contributed by atoms with Crippen LogP contribution in [0, 0.1) is 0 Å². The van der Waals surface area contributed by atoms with Gasteiger partial charge in [0.1, 0.15) is 5.69 Å². The van der Waals surface area contributed by atoms with Crippen molar-refractivity contribution in [1.82, 2.24) is 25.3 Å². The Morgan fingerprint density at radius 2 is 2.03 bits per heavy atom. The number of amides is 1. The summed E-state index contributed by atoms with van der Waals surface area (Å²) in [4.78, 5) is 29.9. The van der Waals surface area contributed by atoms with Crippen LogP contribution in [0.15, 0.2) is 48.9 Å². The first-order valence-corrected chi connectivity index (χ1v) is 8.96. The molecule has 150 valence electrons. The predicted octanol–water partition coefficient (Wildman–Crippen LogP) is 2.89. The SMILES string of the molecule is O=C(NC1CCN(c2nccc(-c3ccc[nH]3)n2)C1)c1cc(C(F)(F)F)ccn1. The Hall–Kier alpha value is -3.43. The highest BCUT2D eigenvalue weighted by Crippen LogP contribution is 2.29. The van der Waals surface area contributed by atoms with Gasteiger partial charge in [-0.05, 0) is 36.8 Å². The van der Waals surface area contributed by atoms with Gasteiger partial charge in [-0.1, -0.05) is 0 Å². The molecule has 1 unspecified atom stereocenters. The molecule has 0 spiro atoms. The Labute approximate surface area is 164 Å². The monoisotopic (exact) mass is 402 g/mol. The second-order valence-corrected chi connectivity index (χ2v) is 6.66. The van der Waals surface area contributed by atoms with E-state index in [0.29, 0.717) is 25.5 Å². The Kier molecular flexibility index (Phi) is 4.91. The number of nitrogens with zero attached hydrogens (tertiary/aromatic N) is 4. The summed E-state index contributed by atoms with van der Waals surface area (Å²) in [7, 11) is 0. The lowest BCUT2D eigenvalue weighted by molar-refractivity contribution is -0.137. The number of halogens is 3. The number of aromatic amines is 1. The molecule has 7 nitrogen and oxygen atoms in total. The number of hydrogen-bond acceptors (Lipinski definition) is 5. The summed E-state index contributed by atoms with van der Waals surface area (Å²) in [5.41, 5.74) is 0.456. The van der Waals surface area contributed by atoms with Gasteiger partial charge in [0.2, 0.25) is 5.95 Å². The van der Waals surface area contributed by atoms with E-state index in [-0.39, 0.29) is 11.7 Å². The molecule has 1 aliphatic rings. The van der Waals surface area contributed by atoms with Crippen LogP contribution in [0.2, 0.25) is 0 Å². The van der Waals surface area contributed by atoms with Crippen LogP contribution >= 0.6 is 0 Å². The molecule has 3 aromatic heterocycles. The highest BCUT2D eigenvalue weighted by atomic mass is 19.4. The zero-order chi connectivity index (χ0) is 20.4. The minimum atomic E-state index is -4.52. The van der Waals surface area contributed by atoms with Crippen molar-refractivity contribution < 1.29 is 18.0 Å². The van der Waals surface area contributed by atoms with E-state index >= 15 is 0 Å². The van der Waals surface area contributed by atoms with Crippen molar-refractivity contribution in [2.75, 3.05) is 18.0 Å². The molecule has 1 saturated heterocycles. The summed E-state index contributed by atoms with van der Waals surface area (Å²) in [6, 6.07) is 6.93. The minimum absolute atomic E-state index is 0.239. The largest absolute Gasteiger partial charge is 0.416 e. The second-order valence-electron chi connectivity index (χ2n) is 6.66. The molecule has 0 radical (unpaired) electrons. The lowest BCUT2D eigenvalue weighted by atomic mass is 10.2. The summed E-state index contributed by atoms with van der Waals surface area (Å²) in [5.74, 6) is -0.102. The van der Waals surface area contributed by atoms with Crippen LogP contribution in [0.25, 0.3) is 11.4 Å². The van der Waals surface area contributed by atoms with E-state index in [1.165, 1.54) is 0 Å². The smallest absolute Gasteiger partial charge is 0.360 e. The molecule has 0 saturated carbocycles. The van der Waals surface area contributed by atoms with Gasteiger partial charge < -0.3 is 15.2 Å². The molecule has 1 aliphatic heterocycles. The Morgan fingerprint density at radius 3 is 2.79 bits per heavy atom. The van der Waals surface area contributed by atoms with Crippen LogP contribution in [0.3, 0.4) is 0 Å². The van der Waals surface area contributed by atoms with Crippen LogP contribution in [0.4, 0.5) is 19.1 Å². The van der Waals surface area contributed by atoms with E-state index < -0.39 is 17.6 Å². The maximum absolute atomic E-state index is 12.8. The number of carbonyl (C=O) groups is 1. The molecule has 0 aromatic carbocycles. The van der Waals surface area contributed by atoms with Crippen molar-refractivity contribution in [3.8, 4) is 11.4 Å². The summed E-state index contributed by atoms with van der Waals surface area (Å²) in [6.45, 7) is 1.08. The van der Waals surface area contributed by atoms with Crippen molar-refractivity contribution in [3.63, 3.8) is 0 Å². The number of nitrogens with one attached hydrogen (secondary N) is 2. The summed E-state index contributed by atoms with van der Waals surface area (Å²) >= 11 is 0. The second kappa shape index (κ2) is 7.53. The number of rotatable bonds is 4. The predicted molar refractivity (Wildman–Crippen MR) is 99.1 cm³/mol. The molecule has 0 aliphatic carbocycles. The average Bonchev–Trinajstić information content (AvgIpc) is 3.40. The first-order valence-electron chi connectivity index (χ1n) is 8.96. The quantitative estimate of drug-likeness (QED) is 0.701. The first kappa shape index (κ1) is 18.9. The lowest BCUT2D eigenvalue weighted by Gasteiger charge is -2.17. The van der Waals surface area contributed by atoms with Crippen LogP contribution in [0.5, 0.6) is 0 Å². The van der Waals surface area contributed by atoms with E-state index in [1.807, 2.05) is 17.0 Å². The van der Waals surface area contributed by atoms with Gasteiger partial charge in [0.25, 0.3) is 5.91 Å². The topological polar surface area (TPSA) is 86.8 Å².